The fraction of sp³-hybridized carbons (Fsp3) is 0.320. The van der Waals surface area contributed by atoms with Crippen LogP contribution in [0.1, 0.15) is 30.1 Å². The predicted molar refractivity (Wildman–Crippen MR) is 131 cm³/mol. The van der Waals surface area contributed by atoms with Crippen molar-refractivity contribution >= 4 is 39.6 Å². The summed E-state index contributed by atoms with van der Waals surface area (Å²) < 4.78 is 7.28. The number of nitrogens with zero attached hydrogens (tertiary/aromatic N) is 4. The molecular formula is C25H28N6O2. The molecule has 1 aliphatic rings. The zero-order valence-electron chi connectivity index (χ0n) is 18.8. The Kier molecular flexibility index (Phi) is 5.83. The Hall–Kier alpha value is -3.65. The number of amides is 1. The van der Waals surface area contributed by atoms with E-state index in [1.807, 2.05) is 41.0 Å². The fourth-order valence-corrected chi connectivity index (χ4v) is 4.25. The molecule has 0 spiro atoms. The van der Waals surface area contributed by atoms with Gasteiger partial charge < -0.3 is 20.7 Å². The second kappa shape index (κ2) is 9.07. The molecule has 1 saturated heterocycles. The number of aromatic nitrogens is 3. The van der Waals surface area contributed by atoms with Gasteiger partial charge in [0.1, 0.15) is 16.9 Å². The minimum Gasteiger partial charge on any atom is -0.384 e. The SMILES string of the molecule is CCCCNC(=O)c1c(N)n(-c2ccc(N3CCOCC3)cc2)c2nc3ccccc3nc12. The number of ether oxygens (including phenoxy) is 1. The van der Waals surface area contributed by atoms with Gasteiger partial charge in [-0.3, -0.25) is 9.36 Å². The van der Waals surface area contributed by atoms with Crippen LogP contribution in [0, 0.1) is 0 Å². The van der Waals surface area contributed by atoms with Crippen molar-refractivity contribution in [3.8, 4) is 5.69 Å². The third-order valence-corrected chi connectivity index (χ3v) is 6.02. The summed E-state index contributed by atoms with van der Waals surface area (Å²) in [4.78, 5) is 25.0. The Morgan fingerprint density at radius 1 is 1.03 bits per heavy atom. The third-order valence-electron chi connectivity index (χ3n) is 6.02. The van der Waals surface area contributed by atoms with E-state index in [1.165, 1.54) is 0 Å². The lowest BCUT2D eigenvalue weighted by Gasteiger charge is -2.29. The number of anilines is 2. The van der Waals surface area contributed by atoms with E-state index in [0.717, 1.165) is 61.6 Å². The first kappa shape index (κ1) is 21.2. The van der Waals surface area contributed by atoms with Gasteiger partial charge in [0.25, 0.3) is 5.91 Å². The van der Waals surface area contributed by atoms with Crippen LogP contribution in [0.5, 0.6) is 0 Å². The molecule has 2 aromatic heterocycles. The lowest BCUT2D eigenvalue weighted by Crippen LogP contribution is -2.36. The number of benzene rings is 2. The molecule has 1 aliphatic heterocycles. The molecule has 4 aromatic rings. The number of nitrogen functional groups attached to an aromatic ring is 1. The minimum atomic E-state index is -0.223. The first-order valence-electron chi connectivity index (χ1n) is 11.5. The molecule has 0 unspecified atom stereocenters. The number of hydrogen-bond acceptors (Lipinski definition) is 6. The first-order chi connectivity index (χ1) is 16.2. The van der Waals surface area contributed by atoms with E-state index in [2.05, 4.69) is 29.3 Å². The van der Waals surface area contributed by atoms with Crippen molar-refractivity contribution in [1.29, 1.82) is 0 Å². The smallest absolute Gasteiger partial charge is 0.257 e. The topological polar surface area (TPSA) is 98.3 Å². The van der Waals surface area contributed by atoms with Crippen molar-refractivity contribution in [2.24, 2.45) is 0 Å². The summed E-state index contributed by atoms with van der Waals surface area (Å²) in [5, 5.41) is 2.98. The van der Waals surface area contributed by atoms with E-state index < -0.39 is 0 Å². The Balaban J connectivity index is 1.62. The number of nitrogens with one attached hydrogen (secondary N) is 1. The average molecular weight is 445 g/mol. The van der Waals surface area contributed by atoms with Gasteiger partial charge in [0, 0.05) is 31.0 Å². The van der Waals surface area contributed by atoms with Crippen molar-refractivity contribution in [3.63, 3.8) is 0 Å². The van der Waals surface area contributed by atoms with E-state index in [4.69, 9.17) is 20.4 Å². The van der Waals surface area contributed by atoms with Crippen molar-refractivity contribution in [3.05, 3.63) is 54.1 Å². The molecule has 0 bridgehead atoms. The molecule has 3 N–H and O–H groups in total. The summed E-state index contributed by atoms with van der Waals surface area (Å²) in [5.41, 5.74) is 11.5. The van der Waals surface area contributed by atoms with E-state index >= 15 is 0 Å². The molecule has 1 fully saturated rings. The molecule has 2 aromatic carbocycles. The molecule has 33 heavy (non-hydrogen) atoms. The van der Waals surface area contributed by atoms with Gasteiger partial charge in [-0.2, -0.15) is 0 Å². The van der Waals surface area contributed by atoms with Crippen molar-refractivity contribution in [2.45, 2.75) is 19.8 Å². The van der Waals surface area contributed by atoms with Crippen LogP contribution in [-0.2, 0) is 4.74 Å². The quantitative estimate of drug-likeness (QED) is 0.442. The Bertz CT molecular complexity index is 1290. The third kappa shape index (κ3) is 3.98. The number of fused-ring (bicyclic) bond motifs is 2. The normalized spacial score (nSPS) is 14.2. The van der Waals surface area contributed by atoms with Crippen LogP contribution >= 0.6 is 0 Å². The minimum absolute atomic E-state index is 0.223. The molecule has 0 aliphatic carbocycles. The fourth-order valence-electron chi connectivity index (χ4n) is 4.25. The molecule has 170 valence electrons. The number of nitrogens with two attached hydrogens (primary N) is 1. The zero-order valence-corrected chi connectivity index (χ0v) is 18.8. The van der Waals surface area contributed by atoms with Gasteiger partial charge in [-0.25, -0.2) is 9.97 Å². The number of morpholine rings is 1. The molecule has 3 heterocycles. The summed E-state index contributed by atoms with van der Waals surface area (Å²) in [6.07, 6.45) is 1.90. The van der Waals surface area contributed by atoms with E-state index in [-0.39, 0.29) is 5.91 Å². The average Bonchev–Trinajstić information content (AvgIpc) is 3.14. The molecule has 0 atom stereocenters. The van der Waals surface area contributed by atoms with Crippen LogP contribution in [-0.4, -0.2) is 53.3 Å². The van der Waals surface area contributed by atoms with Crippen molar-refractivity contribution in [2.75, 3.05) is 43.5 Å². The van der Waals surface area contributed by atoms with Crippen LogP contribution in [0.2, 0.25) is 0 Å². The summed E-state index contributed by atoms with van der Waals surface area (Å²) in [5.74, 6) is 0.118. The molecule has 0 radical (unpaired) electrons. The molecule has 5 rings (SSSR count). The Labute approximate surface area is 192 Å². The van der Waals surface area contributed by atoms with E-state index in [1.54, 1.807) is 0 Å². The molecular weight excluding hydrogens is 416 g/mol. The van der Waals surface area contributed by atoms with Gasteiger partial charge >= 0.3 is 0 Å². The second-order valence-electron chi connectivity index (χ2n) is 8.21. The van der Waals surface area contributed by atoms with Crippen LogP contribution in [0.3, 0.4) is 0 Å². The van der Waals surface area contributed by atoms with Crippen molar-refractivity contribution in [1.82, 2.24) is 19.9 Å². The highest BCUT2D eigenvalue weighted by Gasteiger charge is 2.24. The predicted octanol–water partition coefficient (Wildman–Crippen LogP) is 3.52. The highest BCUT2D eigenvalue weighted by molar-refractivity contribution is 6.11. The number of hydrogen-bond donors (Lipinski definition) is 2. The number of unbranched alkanes of at least 4 members (excludes halogenated alkanes) is 1. The maximum atomic E-state index is 13.1. The second-order valence-corrected chi connectivity index (χ2v) is 8.21. The largest absolute Gasteiger partial charge is 0.384 e. The van der Waals surface area contributed by atoms with E-state index in [0.29, 0.717) is 29.1 Å². The maximum absolute atomic E-state index is 13.1. The van der Waals surface area contributed by atoms with Crippen LogP contribution in [0.25, 0.3) is 27.9 Å². The molecule has 8 nitrogen and oxygen atoms in total. The van der Waals surface area contributed by atoms with Gasteiger partial charge in [-0.05, 0) is 42.8 Å². The maximum Gasteiger partial charge on any atom is 0.257 e. The first-order valence-corrected chi connectivity index (χ1v) is 11.5. The number of carbonyl (C=O) groups excluding carboxylic acids is 1. The monoisotopic (exact) mass is 444 g/mol. The Morgan fingerprint density at radius 2 is 1.70 bits per heavy atom. The van der Waals surface area contributed by atoms with Crippen molar-refractivity contribution < 1.29 is 9.53 Å². The van der Waals surface area contributed by atoms with Gasteiger partial charge in [0.2, 0.25) is 0 Å². The van der Waals surface area contributed by atoms with E-state index in [9.17, 15) is 4.79 Å². The summed E-state index contributed by atoms with van der Waals surface area (Å²) in [6.45, 7) is 5.88. The van der Waals surface area contributed by atoms with Gasteiger partial charge in [-0.15, -0.1) is 0 Å². The number of rotatable bonds is 6. The number of para-hydroxylation sites is 2. The molecule has 1 amide bonds. The van der Waals surface area contributed by atoms with Crippen LogP contribution in [0.15, 0.2) is 48.5 Å². The van der Waals surface area contributed by atoms with Gasteiger partial charge in [0.05, 0.1) is 24.2 Å². The summed E-state index contributed by atoms with van der Waals surface area (Å²) in [7, 11) is 0. The van der Waals surface area contributed by atoms with Gasteiger partial charge in [0.15, 0.2) is 5.65 Å². The van der Waals surface area contributed by atoms with Crippen LogP contribution in [0.4, 0.5) is 11.5 Å². The lowest BCUT2D eigenvalue weighted by molar-refractivity contribution is 0.0955. The molecule has 0 saturated carbocycles. The zero-order chi connectivity index (χ0) is 22.8. The number of carbonyl (C=O) groups is 1. The summed E-state index contributed by atoms with van der Waals surface area (Å²) >= 11 is 0. The summed E-state index contributed by atoms with van der Waals surface area (Å²) in [6, 6.07) is 15.8. The highest BCUT2D eigenvalue weighted by atomic mass is 16.5. The molecule has 8 heteroatoms. The van der Waals surface area contributed by atoms with Gasteiger partial charge in [-0.1, -0.05) is 25.5 Å². The van der Waals surface area contributed by atoms with Crippen LogP contribution < -0.4 is 16.0 Å². The standard InChI is InChI=1S/C25H28N6O2/c1-2-3-12-27-25(32)21-22-24(29-20-7-5-4-6-19(20)28-22)31(23(21)26)18-10-8-17(9-11-18)30-13-15-33-16-14-30/h4-11H,2-3,12-16,26H2,1H3,(H,27,32). The highest BCUT2D eigenvalue weighted by Crippen LogP contribution is 2.31. The lowest BCUT2D eigenvalue weighted by atomic mass is 10.2. The Morgan fingerprint density at radius 3 is 2.39 bits per heavy atom.